The van der Waals surface area contributed by atoms with Gasteiger partial charge in [0.25, 0.3) is 0 Å². The number of aliphatic hydroxyl groups excluding tert-OH is 1. The van der Waals surface area contributed by atoms with Gasteiger partial charge in [-0.05, 0) is 6.92 Å². The molecule has 0 saturated carbocycles. The molecule has 1 amide bonds. The zero-order valence-electron chi connectivity index (χ0n) is 9.57. The SMILES string of the molecule is CNC(=O)C(C)N1CCN(CCO)CC1. The van der Waals surface area contributed by atoms with Crippen LogP contribution in [0, 0.1) is 0 Å². The van der Waals surface area contributed by atoms with E-state index < -0.39 is 0 Å². The Morgan fingerprint density at radius 2 is 2.00 bits per heavy atom. The molecule has 0 radical (unpaired) electrons. The Balaban J connectivity index is 2.33. The van der Waals surface area contributed by atoms with Crippen molar-refractivity contribution in [2.45, 2.75) is 13.0 Å². The lowest BCUT2D eigenvalue weighted by molar-refractivity contribution is -0.126. The number of likely N-dealkylation sites (N-methyl/N-ethyl adjacent to an activating group) is 1. The van der Waals surface area contributed by atoms with E-state index in [0.717, 1.165) is 32.7 Å². The monoisotopic (exact) mass is 215 g/mol. The Hall–Kier alpha value is -0.650. The van der Waals surface area contributed by atoms with Gasteiger partial charge in [-0.3, -0.25) is 14.6 Å². The Kier molecular flexibility index (Phi) is 5.01. The molecule has 0 aliphatic carbocycles. The largest absolute Gasteiger partial charge is 0.395 e. The molecule has 2 N–H and O–H groups in total. The zero-order valence-corrected chi connectivity index (χ0v) is 9.57. The van der Waals surface area contributed by atoms with Gasteiger partial charge < -0.3 is 10.4 Å². The number of β-amino-alcohol motifs (C(OH)–C–C–N with tert-alkyl or cyclic N) is 1. The van der Waals surface area contributed by atoms with E-state index in [-0.39, 0.29) is 18.6 Å². The van der Waals surface area contributed by atoms with Gasteiger partial charge in [-0.15, -0.1) is 0 Å². The molecular weight excluding hydrogens is 194 g/mol. The maximum absolute atomic E-state index is 11.4. The number of nitrogens with one attached hydrogen (secondary N) is 1. The topological polar surface area (TPSA) is 55.8 Å². The molecule has 1 atom stereocenters. The van der Waals surface area contributed by atoms with Gasteiger partial charge in [0.05, 0.1) is 12.6 Å². The van der Waals surface area contributed by atoms with E-state index >= 15 is 0 Å². The second-order valence-electron chi connectivity index (χ2n) is 3.89. The predicted molar refractivity (Wildman–Crippen MR) is 58.6 cm³/mol. The van der Waals surface area contributed by atoms with Gasteiger partial charge >= 0.3 is 0 Å². The minimum Gasteiger partial charge on any atom is -0.395 e. The standard InChI is InChI=1S/C10H21N3O2/c1-9(10(15)11-2)13-5-3-12(4-6-13)7-8-14/h9,14H,3-8H2,1-2H3,(H,11,15). The molecule has 0 spiro atoms. The summed E-state index contributed by atoms with van der Waals surface area (Å²) in [5.41, 5.74) is 0. The molecule has 1 unspecified atom stereocenters. The van der Waals surface area contributed by atoms with Crippen LogP contribution in [0.5, 0.6) is 0 Å². The van der Waals surface area contributed by atoms with Crippen molar-refractivity contribution in [1.82, 2.24) is 15.1 Å². The molecule has 1 aliphatic heterocycles. The number of rotatable bonds is 4. The highest BCUT2D eigenvalue weighted by Crippen LogP contribution is 2.05. The van der Waals surface area contributed by atoms with Gasteiger partial charge in [-0.25, -0.2) is 0 Å². The first-order valence-electron chi connectivity index (χ1n) is 5.48. The number of carbonyl (C=O) groups is 1. The molecule has 0 aromatic carbocycles. The number of aliphatic hydroxyl groups is 1. The summed E-state index contributed by atoms with van der Waals surface area (Å²) in [4.78, 5) is 15.8. The Morgan fingerprint density at radius 1 is 1.40 bits per heavy atom. The summed E-state index contributed by atoms with van der Waals surface area (Å²) in [6.45, 7) is 6.54. The van der Waals surface area contributed by atoms with Crippen LogP contribution in [0.25, 0.3) is 0 Å². The molecule has 88 valence electrons. The number of piperazine rings is 1. The second-order valence-corrected chi connectivity index (χ2v) is 3.89. The van der Waals surface area contributed by atoms with Gasteiger partial charge in [0.15, 0.2) is 0 Å². The fourth-order valence-electron chi connectivity index (χ4n) is 1.89. The maximum atomic E-state index is 11.4. The van der Waals surface area contributed by atoms with E-state index in [1.807, 2.05) is 6.92 Å². The number of hydrogen-bond donors (Lipinski definition) is 2. The molecule has 1 rings (SSSR count). The molecule has 1 heterocycles. The van der Waals surface area contributed by atoms with Gasteiger partial charge in [0.2, 0.25) is 5.91 Å². The Morgan fingerprint density at radius 3 is 2.47 bits per heavy atom. The summed E-state index contributed by atoms with van der Waals surface area (Å²) < 4.78 is 0. The molecule has 1 aliphatic rings. The minimum atomic E-state index is -0.0497. The van der Waals surface area contributed by atoms with E-state index in [0.29, 0.717) is 0 Å². The normalized spacial score (nSPS) is 21.3. The molecule has 5 heteroatoms. The smallest absolute Gasteiger partial charge is 0.236 e. The van der Waals surface area contributed by atoms with Crippen LogP contribution in [0.4, 0.5) is 0 Å². The summed E-state index contributed by atoms with van der Waals surface area (Å²) in [5.74, 6) is 0.0746. The number of amides is 1. The molecule has 1 saturated heterocycles. The van der Waals surface area contributed by atoms with Crippen molar-refractivity contribution in [2.24, 2.45) is 0 Å². The van der Waals surface area contributed by atoms with Crippen LogP contribution < -0.4 is 5.32 Å². The van der Waals surface area contributed by atoms with Crippen molar-refractivity contribution in [3.05, 3.63) is 0 Å². The van der Waals surface area contributed by atoms with Crippen molar-refractivity contribution in [2.75, 3.05) is 46.4 Å². The molecule has 0 aromatic heterocycles. The molecular formula is C10H21N3O2. The fourth-order valence-corrected chi connectivity index (χ4v) is 1.89. The Labute approximate surface area is 91.0 Å². The first-order valence-corrected chi connectivity index (χ1v) is 5.48. The van der Waals surface area contributed by atoms with Crippen LogP contribution in [0.2, 0.25) is 0 Å². The quantitative estimate of drug-likeness (QED) is 0.614. The van der Waals surface area contributed by atoms with Crippen molar-refractivity contribution in [3.8, 4) is 0 Å². The van der Waals surface area contributed by atoms with Gasteiger partial charge in [0.1, 0.15) is 0 Å². The first kappa shape index (κ1) is 12.4. The lowest BCUT2D eigenvalue weighted by Gasteiger charge is -2.36. The highest BCUT2D eigenvalue weighted by atomic mass is 16.3. The minimum absolute atomic E-state index is 0.0497. The van der Waals surface area contributed by atoms with Crippen LogP contribution >= 0.6 is 0 Å². The highest BCUT2D eigenvalue weighted by Gasteiger charge is 2.24. The van der Waals surface area contributed by atoms with Crippen molar-refractivity contribution >= 4 is 5.91 Å². The third kappa shape index (κ3) is 3.44. The van der Waals surface area contributed by atoms with Crippen LogP contribution in [0.1, 0.15) is 6.92 Å². The van der Waals surface area contributed by atoms with Crippen molar-refractivity contribution < 1.29 is 9.90 Å². The van der Waals surface area contributed by atoms with E-state index in [2.05, 4.69) is 15.1 Å². The molecule has 0 aromatic rings. The van der Waals surface area contributed by atoms with Crippen LogP contribution in [0.3, 0.4) is 0 Å². The maximum Gasteiger partial charge on any atom is 0.236 e. The molecule has 0 bridgehead atoms. The van der Waals surface area contributed by atoms with Crippen molar-refractivity contribution in [3.63, 3.8) is 0 Å². The molecule has 1 fully saturated rings. The van der Waals surface area contributed by atoms with Gasteiger partial charge in [-0.2, -0.15) is 0 Å². The highest BCUT2D eigenvalue weighted by molar-refractivity contribution is 5.80. The number of nitrogens with zero attached hydrogens (tertiary/aromatic N) is 2. The summed E-state index contributed by atoms with van der Waals surface area (Å²) in [7, 11) is 1.67. The summed E-state index contributed by atoms with van der Waals surface area (Å²) in [6, 6.07) is -0.0497. The van der Waals surface area contributed by atoms with E-state index in [1.54, 1.807) is 7.05 Å². The average Bonchev–Trinajstić information content (AvgIpc) is 2.28. The third-order valence-corrected chi connectivity index (χ3v) is 3.00. The lowest BCUT2D eigenvalue weighted by Crippen LogP contribution is -2.53. The lowest BCUT2D eigenvalue weighted by atomic mass is 10.2. The Bertz CT molecular complexity index is 203. The van der Waals surface area contributed by atoms with E-state index in [1.165, 1.54) is 0 Å². The van der Waals surface area contributed by atoms with Gasteiger partial charge in [-0.1, -0.05) is 0 Å². The second kappa shape index (κ2) is 6.05. The number of hydrogen-bond acceptors (Lipinski definition) is 4. The molecule has 5 nitrogen and oxygen atoms in total. The number of carbonyl (C=O) groups excluding carboxylic acids is 1. The van der Waals surface area contributed by atoms with Crippen molar-refractivity contribution in [1.29, 1.82) is 0 Å². The van der Waals surface area contributed by atoms with E-state index in [4.69, 9.17) is 5.11 Å². The zero-order chi connectivity index (χ0) is 11.3. The summed E-state index contributed by atoms with van der Waals surface area (Å²) >= 11 is 0. The van der Waals surface area contributed by atoms with Crippen LogP contribution in [-0.4, -0.2) is 73.2 Å². The molecule has 15 heavy (non-hydrogen) atoms. The summed E-state index contributed by atoms with van der Waals surface area (Å²) in [5, 5.41) is 11.5. The van der Waals surface area contributed by atoms with Crippen LogP contribution in [0.15, 0.2) is 0 Å². The van der Waals surface area contributed by atoms with E-state index in [9.17, 15) is 4.79 Å². The summed E-state index contributed by atoms with van der Waals surface area (Å²) in [6.07, 6.45) is 0. The fraction of sp³-hybridized carbons (Fsp3) is 0.900. The van der Waals surface area contributed by atoms with Gasteiger partial charge in [0, 0.05) is 39.8 Å². The first-order chi connectivity index (χ1) is 7.19. The average molecular weight is 215 g/mol. The third-order valence-electron chi connectivity index (χ3n) is 3.00. The van der Waals surface area contributed by atoms with Crippen LogP contribution in [-0.2, 0) is 4.79 Å². The predicted octanol–water partition coefficient (Wildman–Crippen LogP) is -1.27.